The van der Waals surface area contributed by atoms with Gasteiger partial charge in [0.25, 0.3) is 5.69 Å². The van der Waals surface area contributed by atoms with Gasteiger partial charge in [0.2, 0.25) is 5.79 Å². The molecule has 4 aromatic rings. The Labute approximate surface area is 356 Å². The number of hydrogen-bond acceptors (Lipinski definition) is 11. The van der Waals surface area contributed by atoms with Crippen LogP contribution in [0.2, 0.25) is 0 Å². The van der Waals surface area contributed by atoms with Crippen molar-refractivity contribution < 1.29 is 34.2 Å². The third-order valence-corrected chi connectivity index (χ3v) is 13.7. The highest BCUT2D eigenvalue weighted by molar-refractivity contribution is 8.00. The van der Waals surface area contributed by atoms with Crippen LogP contribution in [0.5, 0.6) is 11.5 Å². The number of nitro benzene ring substituents is 1. The molecule has 12 heteroatoms. The number of nitro groups is 1. The number of non-ortho nitro benzene ring substituents is 1. The Kier molecular flexibility index (Phi) is 13.5. The molecule has 11 nitrogen and oxygen atoms in total. The Bertz CT molecular complexity index is 2190. The maximum atomic E-state index is 11.3. The topological polar surface area (TPSA) is 136 Å². The van der Waals surface area contributed by atoms with Crippen molar-refractivity contribution in [3.8, 4) is 11.5 Å². The number of nitrogens with zero attached hydrogens (tertiary/aromatic N) is 3. The highest BCUT2D eigenvalue weighted by Crippen LogP contribution is 2.63. The van der Waals surface area contributed by atoms with E-state index in [4.69, 9.17) is 24.2 Å². The quantitative estimate of drug-likeness (QED) is 0.0275. The maximum absolute atomic E-state index is 11.3. The van der Waals surface area contributed by atoms with Crippen molar-refractivity contribution in [3.63, 3.8) is 0 Å². The molecule has 1 saturated carbocycles. The number of ether oxygens (including phenoxy) is 3. The first-order chi connectivity index (χ1) is 29.4. The number of unbranched alkanes of at least 4 members (excludes halogenated alkanes) is 2. The van der Waals surface area contributed by atoms with Gasteiger partial charge >= 0.3 is 0 Å². The van der Waals surface area contributed by atoms with Crippen molar-refractivity contribution >= 4 is 33.9 Å². The average molecular weight is 834 g/mol. The van der Waals surface area contributed by atoms with Gasteiger partial charge in [0.05, 0.1) is 28.4 Å². The van der Waals surface area contributed by atoms with E-state index in [-0.39, 0.29) is 61.0 Å². The van der Waals surface area contributed by atoms with Crippen molar-refractivity contribution in [2.24, 2.45) is 22.9 Å². The number of oxime groups is 1. The number of rotatable bonds is 21. The smallest absolute Gasteiger partial charge is 0.269 e. The van der Waals surface area contributed by atoms with Crippen LogP contribution in [0, 0.1) is 27.9 Å². The summed E-state index contributed by atoms with van der Waals surface area (Å²) in [5.74, 6) is 0.410. The second-order valence-corrected chi connectivity index (χ2v) is 17.5. The molecule has 1 saturated heterocycles. The Balaban J connectivity index is 1.26. The predicted molar refractivity (Wildman–Crippen MR) is 235 cm³/mol. The number of fused-ring (bicyclic) bond motifs is 3. The van der Waals surface area contributed by atoms with Gasteiger partial charge < -0.3 is 29.3 Å². The molecule has 2 aliphatic carbocycles. The third kappa shape index (κ3) is 9.28. The van der Waals surface area contributed by atoms with Gasteiger partial charge in [-0.25, -0.2) is 0 Å². The molecule has 4 aliphatic rings. The van der Waals surface area contributed by atoms with Crippen molar-refractivity contribution in [2.75, 3.05) is 46.1 Å². The molecule has 8 rings (SSSR count). The predicted octanol–water partition coefficient (Wildman–Crippen LogP) is 9.07. The van der Waals surface area contributed by atoms with Crippen LogP contribution in [0.25, 0.3) is 10.8 Å². The molecule has 0 spiro atoms. The molecule has 2 heterocycles. The molecular weight excluding hydrogens is 779 g/mol. The maximum Gasteiger partial charge on any atom is 0.269 e. The molecule has 4 aromatic carbocycles. The summed E-state index contributed by atoms with van der Waals surface area (Å²) in [5, 5.41) is 38.1. The van der Waals surface area contributed by atoms with Crippen molar-refractivity contribution in [2.45, 2.75) is 73.4 Å². The summed E-state index contributed by atoms with van der Waals surface area (Å²) < 4.78 is 20.9. The number of aliphatic hydroxyl groups is 2. The first-order valence-electron chi connectivity index (χ1n) is 21.3. The van der Waals surface area contributed by atoms with Crippen molar-refractivity contribution in [1.29, 1.82) is 0 Å². The van der Waals surface area contributed by atoms with Crippen LogP contribution < -0.4 is 9.47 Å². The van der Waals surface area contributed by atoms with Gasteiger partial charge in [0, 0.05) is 67.8 Å². The summed E-state index contributed by atoms with van der Waals surface area (Å²) in [4.78, 5) is 20.5. The van der Waals surface area contributed by atoms with Crippen LogP contribution in [-0.4, -0.2) is 82.8 Å². The third-order valence-electron chi connectivity index (χ3n) is 12.4. The Hall–Kier alpha value is -4.72. The van der Waals surface area contributed by atoms with Crippen LogP contribution >= 0.6 is 11.8 Å². The van der Waals surface area contributed by atoms with Crippen molar-refractivity contribution in [3.05, 3.63) is 130 Å². The number of aliphatic hydroxyl groups excluding tert-OH is 2. The Morgan fingerprint density at radius 3 is 2.50 bits per heavy atom. The second kappa shape index (κ2) is 19.3. The van der Waals surface area contributed by atoms with Crippen LogP contribution in [0.1, 0.15) is 62.0 Å². The summed E-state index contributed by atoms with van der Waals surface area (Å²) in [7, 11) is 0. The first-order valence-corrected chi connectivity index (χ1v) is 22.2. The molecule has 0 unspecified atom stereocenters. The largest absolute Gasteiger partial charge is 0.492 e. The standard InChI is InChI=1S/C48H55N3O8S/c1-2-26-57-48-45(60-39-19-15-34-9-3-4-10-35(34)28-39)31-43(49-58-32-33-13-16-37(17-14-33)51(54)55)41-29-36(11-5-7-24-52)40(12-6-8-25-53)46(47(41)48)42-30-38(18-20-44(42)59-48)56-27-23-50-21-22-50/h2-4,9-10,13-20,28-30,36,40,45-47,52-53H,1,5-8,11-12,21-27,31-32H2/t36-,40+,45-,46+,47+,48+/m0/s1. The lowest BCUT2D eigenvalue weighted by Crippen LogP contribution is -2.64. The zero-order chi connectivity index (χ0) is 41.5. The van der Waals surface area contributed by atoms with Crippen LogP contribution in [-0.2, 0) is 16.2 Å². The van der Waals surface area contributed by atoms with Gasteiger partial charge in [-0.05, 0) is 102 Å². The molecule has 2 N–H and O–H groups in total. The fourth-order valence-electron chi connectivity index (χ4n) is 9.40. The fourth-order valence-corrected chi connectivity index (χ4v) is 10.7. The van der Waals surface area contributed by atoms with Gasteiger partial charge in [0.15, 0.2) is 0 Å². The van der Waals surface area contributed by atoms with E-state index in [1.54, 1.807) is 30.0 Å². The van der Waals surface area contributed by atoms with Gasteiger partial charge in [-0.2, -0.15) is 0 Å². The van der Waals surface area contributed by atoms with Crippen LogP contribution in [0.15, 0.2) is 119 Å². The fraction of sp³-hybridized carbons (Fsp3) is 0.438. The molecule has 6 atom stereocenters. The molecule has 0 radical (unpaired) electrons. The van der Waals surface area contributed by atoms with Gasteiger partial charge in [-0.3, -0.25) is 15.0 Å². The highest BCUT2D eigenvalue weighted by atomic mass is 32.2. The van der Waals surface area contributed by atoms with Gasteiger partial charge in [-0.1, -0.05) is 60.5 Å². The summed E-state index contributed by atoms with van der Waals surface area (Å²) in [6.45, 7) is 8.45. The SMILES string of the molecule is C=CCO[C@@]12Oc3ccc(OCCN4CC4)cc3[C@H]3[C@H](CCCCO)[C@@H](CCCCO)C=C(C(=NOCc4ccc([N+](=O)[O-])cc4)C[C@@H]1Sc1ccc4ccccc4c1)[C@H]32. The molecule has 60 heavy (non-hydrogen) atoms. The van der Waals surface area contributed by atoms with Crippen LogP contribution in [0.3, 0.4) is 0 Å². The molecule has 0 amide bonds. The Morgan fingerprint density at radius 2 is 1.75 bits per heavy atom. The molecule has 0 aromatic heterocycles. The monoisotopic (exact) mass is 833 g/mol. The summed E-state index contributed by atoms with van der Waals surface area (Å²) in [5.41, 5.74) is 3.73. The van der Waals surface area contributed by atoms with Crippen molar-refractivity contribution in [1.82, 2.24) is 4.90 Å². The minimum atomic E-state index is -1.13. The molecule has 0 bridgehead atoms. The average Bonchev–Trinajstić information content (AvgIpc) is 4.10. The first kappa shape index (κ1) is 42.0. The number of benzene rings is 4. The zero-order valence-electron chi connectivity index (χ0n) is 34.0. The van der Waals surface area contributed by atoms with E-state index in [2.05, 4.69) is 66.1 Å². The van der Waals surface area contributed by atoms with E-state index in [1.807, 2.05) is 12.1 Å². The summed E-state index contributed by atoms with van der Waals surface area (Å²) >= 11 is 1.73. The van der Waals surface area contributed by atoms with E-state index >= 15 is 0 Å². The molecule has 316 valence electrons. The van der Waals surface area contributed by atoms with Gasteiger partial charge in [0.1, 0.15) is 24.7 Å². The molecular formula is C48H55N3O8S. The minimum Gasteiger partial charge on any atom is -0.492 e. The highest BCUT2D eigenvalue weighted by Gasteiger charge is 2.64. The van der Waals surface area contributed by atoms with E-state index in [9.17, 15) is 20.3 Å². The summed E-state index contributed by atoms with van der Waals surface area (Å²) in [6.07, 6.45) is 9.57. The number of thioether (sulfide) groups is 1. The lowest BCUT2D eigenvalue weighted by atomic mass is 9.56. The van der Waals surface area contributed by atoms with Gasteiger partial charge in [-0.15, -0.1) is 18.3 Å². The molecule has 2 aliphatic heterocycles. The Morgan fingerprint density at radius 1 is 0.967 bits per heavy atom. The normalized spacial score (nSPS) is 24.9. The minimum absolute atomic E-state index is 0.0211. The number of allylic oxidation sites excluding steroid dienone is 1. The zero-order valence-corrected chi connectivity index (χ0v) is 34.8. The van der Waals surface area contributed by atoms with E-state index in [0.29, 0.717) is 25.9 Å². The number of hydrogen-bond donors (Lipinski definition) is 2. The second-order valence-electron chi connectivity index (χ2n) is 16.3. The lowest BCUT2D eigenvalue weighted by Gasteiger charge is -2.58. The van der Waals surface area contributed by atoms with E-state index in [1.165, 1.54) is 12.1 Å². The lowest BCUT2D eigenvalue weighted by molar-refractivity contribution is -0.384. The summed E-state index contributed by atoms with van der Waals surface area (Å²) in [6, 6.07) is 27.5. The van der Waals surface area contributed by atoms with Crippen LogP contribution in [0.4, 0.5) is 5.69 Å². The van der Waals surface area contributed by atoms with E-state index in [0.717, 1.165) is 94.9 Å². The van der Waals surface area contributed by atoms with E-state index < -0.39 is 10.7 Å². The molecule has 2 fully saturated rings.